The lowest BCUT2D eigenvalue weighted by Gasteiger charge is -2.00. The largest absolute Gasteiger partial charge is 0.481 e. The van der Waals surface area contributed by atoms with Gasteiger partial charge in [0.2, 0.25) is 5.69 Å². The van der Waals surface area contributed by atoms with Crippen LogP contribution in [0.4, 0.5) is 5.69 Å². The average molecular weight is 178 g/mol. The molecule has 0 radical (unpaired) electrons. The molecule has 0 spiro atoms. The van der Waals surface area contributed by atoms with Crippen LogP contribution in [0.2, 0.25) is 0 Å². The Hall–Kier alpha value is -1.64. The summed E-state index contributed by atoms with van der Waals surface area (Å²) in [5.74, 6) is -0.825. The van der Waals surface area contributed by atoms with Crippen molar-refractivity contribution >= 4 is 18.4 Å². The maximum absolute atomic E-state index is 10.5. The van der Waals surface area contributed by atoms with Gasteiger partial charge in [0, 0.05) is 11.6 Å². The highest BCUT2D eigenvalue weighted by Gasteiger charge is 2.10. The van der Waals surface area contributed by atoms with E-state index in [4.69, 9.17) is 5.11 Å². The molecule has 0 bridgehead atoms. The van der Waals surface area contributed by atoms with E-state index < -0.39 is 5.97 Å². The summed E-state index contributed by atoms with van der Waals surface area (Å²) in [7, 11) is 1.79. The molecule has 0 fully saturated rings. The number of rotatable bonds is 3. The minimum Gasteiger partial charge on any atom is -0.481 e. The van der Waals surface area contributed by atoms with Crippen molar-refractivity contribution in [1.82, 2.24) is 0 Å². The van der Waals surface area contributed by atoms with Crippen molar-refractivity contribution in [3.05, 3.63) is 29.8 Å². The summed E-state index contributed by atoms with van der Waals surface area (Å²) in [4.78, 5) is 10.5. The topological polar surface area (TPSA) is 40.3 Å². The molecule has 0 aliphatic carbocycles. The Morgan fingerprint density at radius 2 is 2.15 bits per heavy atom. The summed E-state index contributed by atoms with van der Waals surface area (Å²) in [6.45, 7) is 3.72. The second-order valence-corrected chi connectivity index (χ2v) is 2.90. The van der Waals surface area contributed by atoms with Gasteiger partial charge in [-0.25, -0.2) is 4.58 Å². The fourth-order valence-electron chi connectivity index (χ4n) is 1.20. The van der Waals surface area contributed by atoms with Crippen molar-refractivity contribution in [2.75, 3.05) is 7.05 Å². The molecular weight excluding hydrogens is 166 g/mol. The Morgan fingerprint density at radius 1 is 1.54 bits per heavy atom. The number of hydrogen-bond acceptors (Lipinski definition) is 1. The molecule has 13 heavy (non-hydrogen) atoms. The summed E-state index contributed by atoms with van der Waals surface area (Å²) < 4.78 is 1.66. The molecule has 68 valence electrons. The highest BCUT2D eigenvalue weighted by Crippen LogP contribution is 2.16. The van der Waals surface area contributed by atoms with E-state index in [0.717, 1.165) is 11.3 Å². The zero-order chi connectivity index (χ0) is 9.84. The fraction of sp³-hybridized carbons (Fsp3) is 0.200. The van der Waals surface area contributed by atoms with Gasteiger partial charge in [-0.1, -0.05) is 18.2 Å². The number of carbonyl (C=O) groups is 1. The maximum atomic E-state index is 10.5. The summed E-state index contributed by atoms with van der Waals surface area (Å²) in [6.07, 6.45) is 0.0377. The number of benzene rings is 1. The van der Waals surface area contributed by atoms with Gasteiger partial charge in [-0.15, -0.1) is 0 Å². The van der Waals surface area contributed by atoms with Crippen LogP contribution in [-0.4, -0.2) is 29.4 Å². The summed E-state index contributed by atoms with van der Waals surface area (Å²) in [5.41, 5.74) is 1.64. The van der Waals surface area contributed by atoms with Gasteiger partial charge in [0.15, 0.2) is 0 Å². The highest BCUT2D eigenvalue weighted by molar-refractivity contribution is 5.72. The van der Waals surface area contributed by atoms with Crippen molar-refractivity contribution in [2.24, 2.45) is 0 Å². The second kappa shape index (κ2) is 3.85. The number of nitrogens with zero attached hydrogens (tertiary/aromatic N) is 1. The molecule has 0 saturated carbocycles. The Bertz CT molecular complexity index is 345. The summed E-state index contributed by atoms with van der Waals surface area (Å²) in [5, 5.41) is 8.63. The molecule has 1 aromatic carbocycles. The number of carboxylic acids is 1. The van der Waals surface area contributed by atoms with E-state index in [1.54, 1.807) is 17.7 Å². The van der Waals surface area contributed by atoms with Crippen molar-refractivity contribution in [3.63, 3.8) is 0 Å². The average Bonchev–Trinajstić information content (AvgIpc) is 2.03. The standard InChI is InChI=1S/C10H11NO2/c1-11(2)9-6-4-3-5-8(9)7-10(12)13/h3-6H,1,7H2,2H3/p+1. The molecule has 3 nitrogen and oxygen atoms in total. The molecule has 0 amide bonds. The molecule has 0 heterocycles. The second-order valence-electron chi connectivity index (χ2n) is 2.90. The van der Waals surface area contributed by atoms with Gasteiger partial charge >= 0.3 is 5.97 Å². The third-order valence-electron chi connectivity index (χ3n) is 1.74. The third-order valence-corrected chi connectivity index (χ3v) is 1.74. The molecule has 1 N–H and O–H groups in total. The van der Waals surface area contributed by atoms with Crippen LogP contribution in [0.3, 0.4) is 0 Å². The van der Waals surface area contributed by atoms with Gasteiger partial charge in [0.1, 0.15) is 13.8 Å². The van der Waals surface area contributed by atoms with Crippen LogP contribution in [0, 0.1) is 0 Å². The van der Waals surface area contributed by atoms with Crippen molar-refractivity contribution < 1.29 is 14.5 Å². The van der Waals surface area contributed by atoms with E-state index in [9.17, 15) is 4.79 Å². The molecule has 1 rings (SSSR count). The van der Waals surface area contributed by atoms with Crippen LogP contribution in [0.1, 0.15) is 5.56 Å². The summed E-state index contributed by atoms with van der Waals surface area (Å²) in [6, 6.07) is 7.34. The fourth-order valence-corrected chi connectivity index (χ4v) is 1.20. The normalized spacial score (nSPS) is 9.62. The zero-order valence-electron chi connectivity index (χ0n) is 7.53. The van der Waals surface area contributed by atoms with Gasteiger partial charge in [-0.3, -0.25) is 4.79 Å². The smallest absolute Gasteiger partial charge is 0.308 e. The molecule has 0 aliphatic heterocycles. The monoisotopic (exact) mass is 178 g/mol. The Kier molecular flexibility index (Phi) is 2.80. The van der Waals surface area contributed by atoms with Crippen LogP contribution in [0.5, 0.6) is 0 Å². The van der Waals surface area contributed by atoms with Crippen LogP contribution in [0.15, 0.2) is 24.3 Å². The van der Waals surface area contributed by atoms with Gasteiger partial charge < -0.3 is 5.11 Å². The lowest BCUT2D eigenvalue weighted by atomic mass is 10.1. The quantitative estimate of drug-likeness (QED) is 0.559. The first-order valence-corrected chi connectivity index (χ1v) is 3.95. The van der Waals surface area contributed by atoms with E-state index in [1.807, 2.05) is 18.2 Å². The molecule has 0 unspecified atom stereocenters. The number of para-hydroxylation sites is 1. The van der Waals surface area contributed by atoms with E-state index in [-0.39, 0.29) is 6.42 Å². The number of carboxylic acid groups (broad SMARTS) is 1. The Labute approximate surface area is 77.0 Å². The minimum atomic E-state index is -0.825. The maximum Gasteiger partial charge on any atom is 0.308 e. The van der Waals surface area contributed by atoms with Gasteiger partial charge in [0.05, 0.1) is 6.42 Å². The molecule has 0 aromatic heterocycles. The van der Waals surface area contributed by atoms with E-state index >= 15 is 0 Å². The predicted octanol–water partition coefficient (Wildman–Crippen LogP) is 1.29. The third kappa shape index (κ3) is 2.40. The van der Waals surface area contributed by atoms with Crippen molar-refractivity contribution in [1.29, 1.82) is 0 Å². The molecule has 1 aromatic rings. The molecule has 0 saturated heterocycles. The highest BCUT2D eigenvalue weighted by atomic mass is 16.4. The van der Waals surface area contributed by atoms with Crippen LogP contribution in [-0.2, 0) is 11.2 Å². The van der Waals surface area contributed by atoms with Crippen LogP contribution < -0.4 is 0 Å². The van der Waals surface area contributed by atoms with E-state index in [2.05, 4.69) is 6.72 Å². The zero-order valence-corrected chi connectivity index (χ0v) is 7.53. The van der Waals surface area contributed by atoms with E-state index in [1.165, 1.54) is 0 Å². The van der Waals surface area contributed by atoms with Crippen molar-refractivity contribution in [2.45, 2.75) is 6.42 Å². The van der Waals surface area contributed by atoms with Gasteiger partial charge in [-0.2, -0.15) is 0 Å². The predicted molar refractivity (Wildman–Crippen MR) is 50.7 cm³/mol. The molecule has 3 heteroatoms. The summed E-state index contributed by atoms with van der Waals surface area (Å²) >= 11 is 0. The van der Waals surface area contributed by atoms with Crippen LogP contribution >= 0.6 is 0 Å². The number of aliphatic carboxylic acids is 1. The van der Waals surface area contributed by atoms with Gasteiger partial charge in [-0.05, 0) is 0 Å². The SMILES string of the molecule is C=[N+](C)c1ccccc1CC(=O)O. The first kappa shape index (κ1) is 9.45. The van der Waals surface area contributed by atoms with E-state index in [0.29, 0.717) is 0 Å². The number of hydrogen-bond donors (Lipinski definition) is 1. The lowest BCUT2D eigenvalue weighted by molar-refractivity contribution is -0.395. The molecule has 0 atom stereocenters. The lowest BCUT2D eigenvalue weighted by Crippen LogP contribution is -2.04. The first-order chi connectivity index (χ1) is 6.11. The van der Waals surface area contributed by atoms with Crippen LogP contribution in [0.25, 0.3) is 0 Å². The Morgan fingerprint density at radius 3 is 2.69 bits per heavy atom. The first-order valence-electron chi connectivity index (χ1n) is 3.95. The Balaban J connectivity index is 3.04. The molecule has 0 aliphatic rings. The minimum absolute atomic E-state index is 0.0377. The molecular formula is C10H12NO2+. The van der Waals surface area contributed by atoms with Gasteiger partial charge in [0.25, 0.3) is 0 Å². The van der Waals surface area contributed by atoms with Crippen molar-refractivity contribution in [3.8, 4) is 0 Å².